The topological polar surface area (TPSA) is 64.7 Å². The smallest absolute Gasteiger partial charge is 0.271 e. The van der Waals surface area contributed by atoms with Gasteiger partial charge in [-0.3, -0.25) is 14.2 Å². The highest BCUT2D eigenvalue weighted by atomic mass is 35.5. The van der Waals surface area contributed by atoms with E-state index in [0.29, 0.717) is 23.0 Å². The Kier molecular flexibility index (Phi) is 4.13. The third-order valence-electron chi connectivity index (χ3n) is 3.10. The van der Waals surface area contributed by atoms with Crippen molar-refractivity contribution in [3.8, 4) is 0 Å². The lowest BCUT2D eigenvalue weighted by Crippen LogP contribution is -2.31. The van der Waals surface area contributed by atoms with E-state index in [4.69, 9.17) is 11.6 Å². The quantitative estimate of drug-likeness (QED) is 0.936. The SMILES string of the molecule is Cc1cnn([C@@H](C)CNC(=O)c2c(Cl)c(C)nn2C)c1. The molecule has 0 aliphatic heterocycles. The van der Waals surface area contributed by atoms with Crippen molar-refractivity contribution in [2.75, 3.05) is 6.54 Å². The van der Waals surface area contributed by atoms with Crippen LogP contribution in [0.15, 0.2) is 12.4 Å². The van der Waals surface area contributed by atoms with Gasteiger partial charge in [-0.2, -0.15) is 10.2 Å². The van der Waals surface area contributed by atoms with Crippen LogP contribution in [0.4, 0.5) is 0 Å². The molecule has 0 unspecified atom stereocenters. The number of hydrogen-bond acceptors (Lipinski definition) is 3. The van der Waals surface area contributed by atoms with Crippen LogP contribution < -0.4 is 5.32 Å². The molecule has 0 radical (unpaired) electrons. The van der Waals surface area contributed by atoms with Gasteiger partial charge in [0.05, 0.1) is 23.0 Å². The van der Waals surface area contributed by atoms with Gasteiger partial charge in [0, 0.05) is 19.8 Å². The van der Waals surface area contributed by atoms with Crippen molar-refractivity contribution in [3.05, 3.63) is 34.4 Å². The number of aryl methyl sites for hydroxylation is 3. The first-order valence-corrected chi connectivity index (χ1v) is 6.76. The Labute approximate surface area is 122 Å². The minimum absolute atomic E-state index is 0.0701. The van der Waals surface area contributed by atoms with Crippen LogP contribution in [0, 0.1) is 13.8 Å². The van der Waals surface area contributed by atoms with Crippen molar-refractivity contribution in [2.24, 2.45) is 7.05 Å². The average Bonchev–Trinajstić information content (AvgIpc) is 2.91. The van der Waals surface area contributed by atoms with Gasteiger partial charge in [-0.25, -0.2) is 0 Å². The molecule has 0 aromatic carbocycles. The Morgan fingerprint density at radius 3 is 2.70 bits per heavy atom. The molecule has 0 saturated heterocycles. The van der Waals surface area contributed by atoms with Crippen molar-refractivity contribution in [1.29, 1.82) is 0 Å². The zero-order valence-corrected chi connectivity index (χ0v) is 12.8. The van der Waals surface area contributed by atoms with E-state index < -0.39 is 0 Å². The Morgan fingerprint density at radius 1 is 1.50 bits per heavy atom. The van der Waals surface area contributed by atoms with Gasteiger partial charge in [-0.1, -0.05) is 11.6 Å². The van der Waals surface area contributed by atoms with E-state index in [-0.39, 0.29) is 11.9 Å². The Morgan fingerprint density at radius 2 is 2.20 bits per heavy atom. The van der Waals surface area contributed by atoms with Crippen LogP contribution in [0.3, 0.4) is 0 Å². The molecule has 1 N–H and O–H groups in total. The molecule has 0 bridgehead atoms. The normalized spacial score (nSPS) is 12.4. The van der Waals surface area contributed by atoms with Crippen LogP contribution in [0.5, 0.6) is 0 Å². The van der Waals surface area contributed by atoms with Crippen LogP contribution in [-0.2, 0) is 7.05 Å². The number of hydrogen-bond donors (Lipinski definition) is 1. The van der Waals surface area contributed by atoms with Crippen LogP contribution in [-0.4, -0.2) is 32.0 Å². The van der Waals surface area contributed by atoms with E-state index in [2.05, 4.69) is 15.5 Å². The van der Waals surface area contributed by atoms with Crippen LogP contribution in [0.25, 0.3) is 0 Å². The van der Waals surface area contributed by atoms with Crippen LogP contribution >= 0.6 is 11.6 Å². The van der Waals surface area contributed by atoms with Crippen molar-refractivity contribution >= 4 is 17.5 Å². The summed E-state index contributed by atoms with van der Waals surface area (Å²) in [5.41, 5.74) is 2.12. The maximum atomic E-state index is 12.2. The summed E-state index contributed by atoms with van der Waals surface area (Å²) in [6.45, 7) is 6.21. The van der Waals surface area contributed by atoms with Gasteiger partial charge < -0.3 is 5.32 Å². The molecule has 2 heterocycles. The van der Waals surface area contributed by atoms with Gasteiger partial charge in [0.1, 0.15) is 5.69 Å². The van der Waals surface area contributed by atoms with Crippen molar-refractivity contribution in [3.63, 3.8) is 0 Å². The monoisotopic (exact) mass is 295 g/mol. The summed E-state index contributed by atoms with van der Waals surface area (Å²) >= 11 is 6.08. The Balaban J connectivity index is 2.02. The first-order valence-electron chi connectivity index (χ1n) is 6.38. The molecular formula is C13H18ClN5O. The maximum Gasteiger partial charge on any atom is 0.271 e. The van der Waals surface area contributed by atoms with Gasteiger partial charge >= 0.3 is 0 Å². The average molecular weight is 296 g/mol. The molecule has 1 atom stereocenters. The highest BCUT2D eigenvalue weighted by molar-refractivity contribution is 6.34. The summed E-state index contributed by atoms with van der Waals surface area (Å²) < 4.78 is 3.32. The minimum Gasteiger partial charge on any atom is -0.349 e. The number of amides is 1. The number of aromatic nitrogens is 4. The molecule has 0 saturated carbocycles. The predicted octanol–water partition coefficient (Wildman–Crippen LogP) is 1.88. The molecular weight excluding hydrogens is 278 g/mol. The largest absolute Gasteiger partial charge is 0.349 e. The molecule has 1 amide bonds. The number of nitrogens with zero attached hydrogens (tertiary/aromatic N) is 4. The standard InChI is InChI=1S/C13H18ClN5O/c1-8-5-16-19(7-8)9(2)6-15-13(20)12-11(14)10(3)17-18(12)4/h5,7,9H,6H2,1-4H3,(H,15,20)/t9-/m0/s1. The Bertz CT molecular complexity index is 631. The lowest BCUT2D eigenvalue weighted by molar-refractivity contribution is 0.0938. The van der Waals surface area contributed by atoms with Crippen molar-refractivity contribution < 1.29 is 4.79 Å². The van der Waals surface area contributed by atoms with E-state index in [0.717, 1.165) is 5.56 Å². The lowest BCUT2D eigenvalue weighted by Gasteiger charge is -2.13. The fourth-order valence-electron chi connectivity index (χ4n) is 1.97. The summed E-state index contributed by atoms with van der Waals surface area (Å²) in [6, 6.07) is 0.0701. The van der Waals surface area contributed by atoms with E-state index in [1.807, 2.05) is 24.7 Å². The Hall–Kier alpha value is -1.82. The lowest BCUT2D eigenvalue weighted by atomic mass is 10.3. The zero-order chi connectivity index (χ0) is 14.9. The summed E-state index contributed by atoms with van der Waals surface area (Å²) in [5, 5.41) is 11.6. The van der Waals surface area contributed by atoms with Crippen molar-refractivity contribution in [2.45, 2.75) is 26.8 Å². The fourth-order valence-corrected chi connectivity index (χ4v) is 2.22. The molecule has 2 aromatic rings. The molecule has 0 aliphatic carbocycles. The fraction of sp³-hybridized carbons (Fsp3) is 0.462. The first-order chi connectivity index (χ1) is 9.40. The summed E-state index contributed by atoms with van der Waals surface area (Å²) in [7, 11) is 1.70. The highest BCUT2D eigenvalue weighted by Gasteiger charge is 2.19. The summed E-state index contributed by atoms with van der Waals surface area (Å²) in [4.78, 5) is 12.2. The van der Waals surface area contributed by atoms with Gasteiger partial charge in [0.25, 0.3) is 5.91 Å². The molecule has 108 valence electrons. The predicted molar refractivity (Wildman–Crippen MR) is 77.0 cm³/mol. The summed E-state index contributed by atoms with van der Waals surface area (Å²) in [6.07, 6.45) is 3.73. The second-order valence-corrected chi connectivity index (χ2v) is 5.31. The zero-order valence-electron chi connectivity index (χ0n) is 12.0. The van der Waals surface area contributed by atoms with Gasteiger partial charge in [0.15, 0.2) is 0 Å². The number of carbonyl (C=O) groups is 1. The second-order valence-electron chi connectivity index (χ2n) is 4.93. The third-order valence-corrected chi connectivity index (χ3v) is 3.56. The number of carbonyl (C=O) groups excluding carboxylic acids is 1. The minimum atomic E-state index is -0.228. The third kappa shape index (κ3) is 2.85. The van der Waals surface area contributed by atoms with Gasteiger partial charge in [-0.05, 0) is 26.3 Å². The highest BCUT2D eigenvalue weighted by Crippen LogP contribution is 2.19. The first kappa shape index (κ1) is 14.6. The van der Waals surface area contributed by atoms with Crippen LogP contribution in [0.1, 0.15) is 34.7 Å². The molecule has 2 rings (SSSR count). The number of rotatable bonds is 4. The maximum absolute atomic E-state index is 12.2. The number of nitrogens with one attached hydrogen (secondary N) is 1. The second kappa shape index (κ2) is 5.66. The molecule has 20 heavy (non-hydrogen) atoms. The molecule has 0 fully saturated rings. The van der Waals surface area contributed by atoms with Crippen LogP contribution in [0.2, 0.25) is 5.02 Å². The molecule has 6 nitrogen and oxygen atoms in total. The van der Waals surface area contributed by atoms with E-state index in [9.17, 15) is 4.79 Å². The molecule has 2 aromatic heterocycles. The van der Waals surface area contributed by atoms with E-state index >= 15 is 0 Å². The molecule has 0 spiro atoms. The van der Waals surface area contributed by atoms with Gasteiger partial charge in [-0.15, -0.1) is 0 Å². The molecule has 7 heteroatoms. The summed E-state index contributed by atoms with van der Waals surface area (Å²) in [5.74, 6) is -0.228. The van der Waals surface area contributed by atoms with E-state index in [1.165, 1.54) is 4.68 Å². The van der Waals surface area contributed by atoms with Crippen molar-refractivity contribution in [1.82, 2.24) is 24.9 Å². The molecule has 0 aliphatic rings. The van der Waals surface area contributed by atoms with E-state index in [1.54, 1.807) is 20.2 Å². The van der Waals surface area contributed by atoms with Gasteiger partial charge in [0.2, 0.25) is 0 Å². The number of halogens is 1.